The van der Waals surface area contributed by atoms with Gasteiger partial charge in [0.2, 0.25) is 11.8 Å². The maximum Gasteiger partial charge on any atom is 0.237 e. The van der Waals surface area contributed by atoms with Crippen molar-refractivity contribution in [2.45, 2.75) is 25.6 Å². The van der Waals surface area contributed by atoms with E-state index in [2.05, 4.69) is 15.9 Å². The molecule has 0 bridgehead atoms. The number of carbonyl (C=O) groups is 2. The summed E-state index contributed by atoms with van der Waals surface area (Å²) < 4.78 is 0. The minimum absolute atomic E-state index is 0.00977. The Labute approximate surface area is 92.9 Å². The summed E-state index contributed by atoms with van der Waals surface area (Å²) in [5.74, 6) is -0.366. The van der Waals surface area contributed by atoms with Crippen LogP contribution in [0.1, 0.15) is 20.8 Å². The smallest absolute Gasteiger partial charge is 0.237 e. The fourth-order valence-corrected chi connectivity index (χ4v) is 1.28. The van der Waals surface area contributed by atoms with Crippen molar-refractivity contribution in [2.75, 3.05) is 13.1 Å². The van der Waals surface area contributed by atoms with Gasteiger partial charge in [0.1, 0.15) is 0 Å². The second-order valence-electron chi connectivity index (χ2n) is 3.46. The molecule has 0 aromatic rings. The predicted molar refractivity (Wildman–Crippen MR) is 59.0 cm³/mol. The average molecular weight is 265 g/mol. The molecule has 0 saturated heterocycles. The molecule has 0 saturated carbocycles. The van der Waals surface area contributed by atoms with Gasteiger partial charge < -0.3 is 10.6 Å². The van der Waals surface area contributed by atoms with Crippen molar-refractivity contribution in [1.29, 1.82) is 0 Å². The van der Waals surface area contributed by atoms with Crippen LogP contribution < -0.4 is 5.73 Å². The standard InChI is InChI=1S/C9H17BrN2O2/c1-4-12(5-7(11)13)9(14)8(10)6(2)3/h6,8H,4-5H2,1-3H3,(H2,11,13). The highest BCUT2D eigenvalue weighted by atomic mass is 79.9. The molecule has 1 unspecified atom stereocenters. The Balaban J connectivity index is 4.38. The number of amides is 2. The molecule has 0 heterocycles. The van der Waals surface area contributed by atoms with Crippen molar-refractivity contribution in [3.8, 4) is 0 Å². The Morgan fingerprint density at radius 1 is 1.43 bits per heavy atom. The van der Waals surface area contributed by atoms with E-state index < -0.39 is 5.91 Å². The summed E-state index contributed by atoms with van der Waals surface area (Å²) >= 11 is 3.30. The topological polar surface area (TPSA) is 63.4 Å². The lowest BCUT2D eigenvalue weighted by Crippen LogP contribution is -2.43. The third-order valence-corrected chi connectivity index (χ3v) is 3.31. The lowest BCUT2D eigenvalue weighted by molar-refractivity contribution is -0.134. The Kier molecular flexibility index (Phi) is 5.76. The van der Waals surface area contributed by atoms with Gasteiger partial charge in [0.15, 0.2) is 0 Å². The van der Waals surface area contributed by atoms with Crippen LogP contribution in [0.15, 0.2) is 0 Å². The molecular formula is C9H17BrN2O2. The van der Waals surface area contributed by atoms with Gasteiger partial charge in [-0.15, -0.1) is 0 Å². The molecule has 14 heavy (non-hydrogen) atoms. The predicted octanol–water partition coefficient (Wildman–Crippen LogP) is 0.740. The summed E-state index contributed by atoms with van der Waals surface area (Å²) in [6.45, 7) is 6.19. The number of primary amides is 1. The Hall–Kier alpha value is -0.580. The average Bonchev–Trinajstić information content (AvgIpc) is 2.11. The number of alkyl halides is 1. The van der Waals surface area contributed by atoms with E-state index in [1.54, 1.807) is 0 Å². The molecule has 0 rings (SSSR count). The van der Waals surface area contributed by atoms with Gasteiger partial charge >= 0.3 is 0 Å². The maximum atomic E-state index is 11.7. The van der Waals surface area contributed by atoms with E-state index in [0.717, 1.165) is 0 Å². The van der Waals surface area contributed by atoms with Gasteiger partial charge in [-0.1, -0.05) is 29.8 Å². The van der Waals surface area contributed by atoms with E-state index in [9.17, 15) is 9.59 Å². The number of rotatable bonds is 5. The van der Waals surface area contributed by atoms with Crippen LogP contribution in [0.25, 0.3) is 0 Å². The summed E-state index contributed by atoms with van der Waals surface area (Å²) in [5.41, 5.74) is 5.03. The van der Waals surface area contributed by atoms with Crippen molar-refractivity contribution in [3.63, 3.8) is 0 Å². The van der Waals surface area contributed by atoms with Gasteiger partial charge in [-0.3, -0.25) is 9.59 Å². The van der Waals surface area contributed by atoms with E-state index in [4.69, 9.17) is 5.73 Å². The third kappa shape index (κ3) is 4.09. The summed E-state index contributed by atoms with van der Waals surface area (Å²) in [7, 11) is 0. The number of hydrogen-bond donors (Lipinski definition) is 1. The zero-order valence-corrected chi connectivity index (χ0v) is 10.4. The highest BCUT2D eigenvalue weighted by Crippen LogP contribution is 2.14. The second kappa shape index (κ2) is 6.01. The first kappa shape index (κ1) is 13.4. The Morgan fingerprint density at radius 3 is 2.21 bits per heavy atom. The molecule has 2 amide bonds. The van der Waals surface area contributed by atoms with Crippen LogP contribution in [0.3, 0.4) is 0 Å². The molecule has 1 atom stereocenters. The molecule has 0 aliphatic rings. The molecule has 0 fully saturated rings. The molecule has 0 spiro atoms. The van der Waals surface area contributed by atoms with Crippen LogP contribution in [-0.2, 0) is 9.59 Å². The zero-order valence-electron chi connectivity index (χ0n) is 8.79. The lowest BCUT2D eigenvalue weighted by atomic mass is 10.1. The van der Waals surface area contributed by atoms with Crippen molar-refractivity contribution >= 4 is 27.7 Å². The molecule has 0 aliphatic carbocycles. The SMILES string of the molecule is CCN(CC(N)=O)C(=O)C(Br)C(C)C. The largest absolute Gasteiger partial charge is 0.368 e. The summed E-state index contributed by atoms with van der Waals surface area (Å²) in [5, 5.41) is 0. The lowest BCUT2D eigenvalue weighted by Gasteiger charge is -2.23. The van der Waals surface area contributed by atoms with Crippen LogP contribution in [0.4, 0.5) is 0 Å². The highest BCUT2D eigenvalue weighted by molar-refractivity contribution is 9.10. The second-order valence-corrected chi connectivity index (χ2v) is 4.45. The Bertz CT molecular complexity index is 219. The van der Waals surface area contributed by atoms with E-state index >= 15 is 0 Å². The van der Waals surface area contributed by atoms with Crippen molar-refractivity contribution < 1.29 is 9.59 Å². The fraction of sp³-hybridized carbons (Fsp3) is 0.778. The number of halogens is 1. The Morgan fingerprint density at radius 2 is 1.93 bits per heavy atom. The minimum atomic E-state index is -0.483. The van der Waals surface area contributed by atoms with E-state index in [0.29, 0.717) is 6.54 Å². The van der Waals surface area contributed by atoms with Crippen LogP contribution in [0.2, 0.25) is 0 Å². The number of carbonyl (C=O) groups excluding carboxylic acids is 2. The van der Waals surface area contributed by atoms with E-state index in [1.807, 2.05) is 20.8 Å². The first-order valence-electron chi connectivity index (χ1n) is 4.61. The first-order chi connectivity index (χ1) is 6.40. The molecule has 2 N–H and O–H groups in total. The van der Waals surface area contributed by atoms with Gasteiger partial charge in [-0.25, -0.2) is 0 Å². The van der Waals surface area contributed by atoms with Crippen LogP contribution >= 0.6 is 15.9 Å². The molecule has 0 aliphatic heterocycles. The molecule has 0 aromatic carbocycles. The molecule has 0 radical (unpaired) electrons. The van der Waals surface area contributed by atoms with Gasteiger partial charge in [-0.05, 0) is 12.8 Å². The van der Waals surface area contributed by atoms with Gasteiger partial charge in [0.05, 0.1) is 11.4 Å². The van der Waals surface area contributed by atoms with Gasteiger partial charge in [0.25, 0.3) is 0 Å². The molecule has 82 valence electrons. The number of nitrogens with zero attached hydrogens (tertiary/aromatic N) is 1. The monoisotopic (exact) mass is 264 g/mol. The summed E-state index contributed by atoms with van der Waals surface area (Å²) in [6, 6.07) is 0. The minimum Gasteiger partial charge on any atom is -0.368 e. The summed E-state index contributed by atoms with van der Waals surface area (Å²) in [4.78, 5) is 23.6. The van der Waals surface area contributed by atoms with Crippen LogP contribution in [0, 0.1) is 5.92 Å². The molecule has 0 aromatic heterocycles. The fourth-order valence-electron chi connectivity index (χ4n) is 0.993. The normalized spacial score (nSPS) is 12.6. The van der Waals surface area contributed by atoms with Crippen molar-refractivity contribution in [1.82, 2.24) is 4.90 Å². The maximum absolute atomic E-state index is 11.7. The van der Waals surface area contributed by atoms with Gasteiger partial charge in [-0.2, -0.15) is 0 Å². The molecular weight excluding hydrogens is 248 g/mol. The highest BCUT2D eigenvalue weighted by Gasteiger charge is 2.24. The zero-order chi connectivity index (χ0) is 11.3. The van der Waals surface area contributed by atoms with Crippen LogP contribution in [0.5, 0.6) is 0 Å². The molecule has 5 heteroatoms. The van der Waals surface area contributed by atoms with Crippen molar-refractivity contribution in [3.05, 3.63) is 0 Å². The van der Waals surface area contributed by atoms with E-state index in [1.165, 1.54) is 4.90 Å². The number of likely N-dealkylation sites (N-methyl/N-ethyl adjacent to an activating group) is 1. The first-order valence-corrected chi connectivity index (χ1v) is 5.52. The van der Waals surface area contributed by atoms with Gasteiger partial charge in [0, 0.05) is 6.54 Å². The number of hydrogen-bond acceptors (Lipinski definition) is 2. The number of nitrogens with two attached hydrogens (primary N) is 1. The quantitative estimate of drug-likeness (QED) is 0.745. The summed E-state index contributed by atoms with van der Waals surface area (Å²) in [6.07, 6.45) is 0. The third-order valence-electron chi connectivity index (χ3n) is 1.86. The van der Waals surface area contributed by atoms with E-state index in [-0.39, 0.29) is 23.2 Å². The molecule has 4 nitrogen and oxygen atoms in total. The van der Waals surface area contributed by atoms with Crippen LogP contribution in [-0.4, -0.2) is 34.6 Å². The van der Waals surface area contributed by atoms with Crippen molar-refractivity contribution in [2.24, 2.45) is 11.7 Å².